The fraction of sp³-hybridized carbons (Fsp3) is 0.200. The van der Waals surface area contributed by atoms with Gasteiger partial charge in [0.1, 0.15) is 5.84 Å². The van der Waals surface area contributed by atoms with Gasteiger partial charge in [-0.15, -0.1) is 0 Å². The van der Waals surface area contributed by atoms with Crippen LogP contribution in [0.3, 0.4) is 0 Å². The SMILES string of the molecule is N=C(N)c1ccc(C(=O)N[C@@H](CC(=O)NCCC(=O)O)c2ccccc2)cc1. The zero-order valence-electron chi connectivity index (χ0n) is 15.1. The molecule has 2 amide bonds. The van der Waals surface area contributed by atoms with Gasteiger partial charge in [0.25, 0.3) is 5.91 Å². The van der Waals surface area contributed by atoms with Crippen LogP contribution >= 0.6 is 0 Å². The van der Waals surface area contributed by atoms with E-state index in [-0.39, 0.29) is 37.0 Å². The zero-order valence-corrected chi connectivity index (χ0v) is 15.1. The summed E-state index contributed by atoms with van der Waals surface area (Å²) in [6.45, 7) is 0.0239. The zero-order chi connectivity index (χ0) is 20.5. The van der Waals surface area contributed by atoms with Gasteiger partial charge in [-0.1, -0.05) is 42.5 Å². The lowest BCUT2D eigenvalue weighted by atomic mass is 10.0. The van der Waals surface area contributed by atoms with Gasteiger partial charge in [-0.3, -0.25) is 19.8 Å². The first-order valence-corrected chi connectivity index (χ1v) is 8.65. The van der Waals surface area contributed by atoms with Crippen molar-refractivity contribution in [2.24, 2.45) is 5.73 Å². The van der Waals surface area contributed by atoms with Crippen LogP contribution in [0.2, 0.25) is 0 Å². The van der Waals surface area contributed by atoms with Crippen LogP contribution in [0.4, 0.5) is 0 Å². The maximum Gasteiger partial charge on any atom is 0.305 e. The molecule has 8 nitrogen and oxygen atoms in total. The van der Waals surface area contributed by atoms with E-state index in [1.54, 1.807) is 48.5 Å². The van der Waals surface area contributed by atoms with E-state index < -0.39 is 12.0 Å². The Morgan fingerprint density at radius 2 is 1.61 bits per heavy atom. The number of carbonyl (C=O) groups is 3. The number of carboxylic acids is 1. The standard InChI is InChI=1S/C20H22N4O4/c21-19(22)14-6-8-15(9-7-14)20(28)24-16(13-4-2-1-3-5-13)12-17(25)23-11-10-18(26)27/h1-9,16H,10-12H2,(H3,21,22)(H,23,25)(H,24,28)(H,26,27)/t16-/m0/s1. The van der Waals surface area contributed by atoms with Crippen LogP contribution in [-0.2, 0) is 9.59 Å². The Bertz CT molecular complexity index is 850. The number of rotatable bonds is 9. The lowest BCUT2D eigenvalue weighted by Crippen LogP contribution is -2.34. The lowest BCUT2D eigenvalue weighted by molar-refractivity contribution is -0.136. The molecule has 2 rings (SSSR count). The Hall–Kier alpha value is -3.68. The molecule has 0 aliphatic carbocycles. The molecule has 0 spiro atoms. The van der Waals surface area contributed by atoms with Crippen LogP contribution in [0.1, 0.15) is 40.4 Å². The molecule has 2 aromatic rings. The number of carboxylic acid groups (broad SMARTS) is 1. The van der Waals surface area contributed by atoms with Crippen LogP contribution in [0.25, 0.3) is 0 Å². The molecule has 0 aliphatic heterocycles. The number of amides is 2. The summed E-state index contributed by atoms with van der Waals surface area (Å²) >= 11 is 0. The minimum Gasteiger partial charge on any atom is -0.481 e. The molecule has 0 bridgehead atoms. The van der Waals surface area contributed by atoms with Gasteiger partial charge >= 0.3 is 5.97 Å². The van der Waals surface area contributed by atoms with E-state index in [0.29, 0.717) is 11.1 Å². The maximum atomic E-state index is 12.6. The van der Waals surface area contributed by atoms with Crippen molar-refractivity contribution in [1.29, 1.82) is 5.41 Å². The van der Waals surface area contributed by atoms with Crippen molar-refractivity contribution in [1.82, 2.24) is 10.6 Å². The predicted octanol–water partition coefficient (Wildman–Crippen LogP) is 1.42. The molecule has 0 aromatic heterocycles. The minimum atomic E-state index is -0.998. The molecule has 0 unspecified atom stereocenters. The largest absolute Gasteiger partial charge is 0.481 e. The number of hydrogen-bond acceptors (Lipinski definition) is 4. The second-order valence-corrected chi connectivity index (χ2v) is 6.13. The van der Waals surface area contributed by atoms with Gasteiger partial charge in [0.2, 0.25) is 5.91 Å². The molecule has 0 saturated heterocycles. The topological polar surface area (TPSA) is 145 Å². The van der Waals surface area contributed by atoms with E-state index >= 15 is 0 Å². The van der Waals surface area contributed by atoms with Gasteiger partial charge in [-0.25, -0.2) is 0 Å². The monoisotopic (exact) mass is 382 g/mol. The summed E-state index contributed by atoms with van der Waals surface area (Å²) in [5, 5.41) is 21.4. The highest BCUT2D eigenvalue weighted by atomic mass is 16.4. The summed E-state index contributed by atoms with van der Waals surface area (Å²) in [6, 6.07) is 14.7. The third-order valence-corrected chi connectivity index (χ3v) is 4.02. The quantitative estimate of drug-likeness (QED) is 0.329. The molecule has 0 saturated carbocycles. The van der Waals surface area contributed by atoms with Gasteiger partial charge in [0.05, 0.1) is 18.9 Å². The first-order valence-electron chi connectivity index (χ1n) is 8.65. The summed E-state index contributed by atoms with van der Waals surface area (Å²) in [6.07, 6.45) is -0.197. The molecule has 8 heteroatoms. The summed E-state index contributed by atoms with van der Waals surface area (Å²) < 4.78 is 0. The Kier molecular flexibility index (Phi) is 7.27. The lowest BCUT2D eigenvalue weighted by Gasteiger charge is -2.19. The molecule has 2 aromatic carbocycles. The fourth-order valence-corrected chi connectivity index (χ4v) is 2.55. The van der Waals surface area contributed by atoms with Crippen LogP contribution in [0.5, 0.6) is 0 Å². The Labute approximate surface area is 162 Å². The van der Waals surface area contributed by atoms with E-state index in [0.717, 1.165) is 5.56 Å². The van der Waals surface area contributed by atoms with Crippen LogP contribution in [0, 0.1) is 5.41 Å². The van der Waals surface area contributed by atoms with Crippen molar-refractivity contribution >= 4 is 23.6 Å². The number of hydrogen-bond donors (Lipinski definition) is 5. The van der Waals surface area contributed by atoms with Gasteiger partial charge in [0, 0.05) is 17.7 Å². The van der Waals surface area contributed by atoms with Crippen LogP contribution in [-0.4, -0.2) is 35.3 Å². The fourth-order valence-electron chi connectivity index (χ4n) is 2.55. The van der Waals surface area contributed by atoms with E-state index in [4.69, 9.17) is 16.2 Å². The van der Waals surface area contributed by atoms with E-state index in [1.165, 1.54) is 0 Å². The van der Waals surface area contributed by atoms with E-state index in [9.17, 15) is 14.4 Å². The maximum absolute atomic E-state index is 12.6. The molecule has 0 radical (unpaired) electrons. The summed E-state index contributed by atoms with van der Waals surface area (Å²) in [7, 11) is 0. The predicted molar refractivity (Wildman–Crippen MR) is 104 cm³/mol. The molecular weight excluding hydrogens is 360 g/mol. The molecule has 0 fully saturated rings. The van der Waals surface area contributed by atoms with E-state index in [1.807, 2.05) is 6.07 Å². The Morgan fingerprint density at radius 3 is 2.18 bits per heavy atom. The van der Waals surface area contributed by atoms with Crippen molar-refractivity contribution in [2.45, 2.75) is 18.9 Å². The summed E-state index contributed by atoms with van der Waals surface area (Å²) in [4.78, 5) is 35.3. The van der Waals surface area contributed by atoms with Gasteiger partial charge in [0.15, 0.2) is 0 Å². The number of carbonyl (C=O) groups excluding carboxylic acids is 2. The Balaban J connectivity index is 2.09. The summed E-state index contributed by atoms with van der Waals surface area (Å²) in [5.74, 6) is -1.82. The second kappa shape index (κ2) is 9.86. The van der Waals surface area contributed by atoms with Crippen molar-refractivity contribution in [3.63, 3.8) is 0 Å². The van der Waals surface area contributed by atoms with Gasteiger partial charge < -0.3 is 21.5 Å². The number of nitrogen functional groups attached to an aromatic ring is 1. The van der Waals surface area contributed by atoms with Crippen molar-refractivity contribution in [3.8, 4) is 0 Å². The molecule has 28 heavy (non-hydrogen) atoms. The van der Waals surface area contributed by atoms with Gasteiger partial charge in [-0.2, -0.15) is 0 Å². The summed E-state index contributed by atoms with van der Waals surface area (Å²) in [5.41, 5.74) is 7.05. The average molecular weight is 382 g/mol. The normalized spacial score (nSPS) is 11.3. The minimum absolute atomic E-state index is 0.0239. The molecular formula is C20H22N4O4. The molecule has 146 valence electrons. The number of benzene rings is 2. The number of nitrogens with two attached hydrogens (primary N) is 1. The molecule has 0 heterocycles. The second-order valence-electron chi connectivity index (χ2n) is 6.13. The Morgan fingerprint density at radius 1 is 1.00 bits per heavy atom. The van der Waals surface area contributed by atoms with E-state index in [2.05, 4.69) is 10.6 Å². The smallest absolute Gasteiger partial charge is 0.305 e. The van der Waals surface area contributed by atoms with Crippen molar-refractivity contribution < 1.29 is 19.5 Å². The number of amidine groups is 1. The third kappa shape index (κ3) is 6.24. The highest BCUT2D eigenvalue weighted by Crippen LogP contribution is 2.17. The highest BCUT2D eigenvalue weighted by molar-refractivity contribution is 5.98. The first-order chi connectivity index (χ1) is 13.4. The van der Waals surface area contributed by atoms with Crippen LogP contribution in [0.15, 0.2) is 54.6 Å². The number of nitrogens with one attached hydrogen (secondary N) is 3. The van der Waals surface area contributed by atoms with Gasteiger partial charge in [-0.05, 0) is 17.7 Å². The first kappa shape index (κ1) is 20.6. The third-order valence-electron chi connectivity index (χ3n) is 4.02. The number of aliphatic carboxylic acids is 1. The van der Waals surface area contributed by atoms with Crippen molar-refractivity contribution in [2.75, 3.05) is 6.54 Å². The highest BCUT2D eigenvalue weighted by Gasteiger charge is 2.19. The molecule has 6 N–H and O–H groups in total. The molecule has 1 atom stereocenters. The van der Waals surface area contributed by atoms with Crippen molar-refractivity contribution in [3.05, 3.63) is 71.3 Å². The van der Waals surface area contributed by atoms with Crippen LogP contribution < -0.4 is 16.4 Å². The average Bonchev–Trinajstić information content (AvgIpc) is 2.68. The molecule has 0 aliphatic rings.